The maximum absolute atomic E-state index is 12.6. The predicted molar refractivity (Wildman–Crippen MR) is 79.6 cm³/mol. The highest BCUT2D eigenvalue weighted by Gasteiger charge is 2.53. The summed E-state index contributed by atoms with van der Waals surface area (Å²) >= 11 is 0. The Morgan fingerprint density at radius 1 is 1.00 bits per heavy atom. The summed E-state index contributed by atoms with van der Waals surface area (Å²) in [6.45, 7) is 11.3. The van der Waals surface area contributed by atoms with Gasteiger partial charge in [-0.25, -0.2) is 0 Å². The second-order valence-corrected chi connectivity index (χ2v) is 8.24. The monoisotopic (exact) mass is 279 g/mol. The number of ether oxygens (including phenoxy) is 1. The molecule has 2 aliphatic carbocycles. The van der Waals surface area contributed by atoms with Gasteiger partial charge in [0, 0.05) is 19.6 Å². The Labute approximate surface area is 123 Å². The van der Waals surface area contributed by atoms with E-state index in [0.29, 0.717) is 5.78 Å². The van der Waals surface area contributed by atoms with Crippen molar-refractivity contribution in [3.8, 4) is 0 Å². The molecule has 3 nitrogen and oxygen atoms in total. The molecule has 0 N–H and O–H groups in total. The van der Waals surface area contributed by atoms with Gasteiger partial charge in [0.05, 0.1) is 11.5 Å². The molecule has 1 aliphatic heterocycles. The quantitative estimate of drug-likeness (QED) is 0.749. The molecular formula is C17H29NO2. The Morgan fingerprint density at radius 2 is 1.50 bits per heavy atom. The van der Waals surface area contributed by atoms with Crippen molar-refractivity contribution in [2.45, 2.75) is 64.6 Å². The van der Waals surface area contributed by atoms with Crippen LogP contribution in [0.1, 0.15) is 53.4 Å². The Balaban J connectivity index is 1.67. The topological polar surface area (TPSA) is 29.5 Å². The maximum Gasteiger partial charge on any atom is 0.171 e. The molecule has 0 aromatic carbocycles. The van der Waals surface area contributed by atoms with Crippen LogP contribution in [0.5, 0.6) is 0 Å². The first kappa shape index (κ1) is 14.5. The molecule has 1 heterocycles. The number of nitrogens with zero attached hydrogens (tertiary/aromatic N) is 1. The molecule has 0 aromatic heterocycles. The van der Waals surface area contributed by atoms with Gasteiger partial charge in [-0.1, -0.05) is 0 Å². The van der Waals surface area contributed by atoms with Gasteiger partial charge >= 0.3 is 0 Å². The summed E-state index contributed by atoms with van der Waals surface area (Å²) < 4.78 is 6.03. The molecule has 20 heavy (non-hydrogen) atoms. The van der Waals surface area contributed by atoms with Gasteiger partial charge in [-0.3, -0.25) is 4.79 Å². The molecule has 3 fully saturated rings. The number of carbonyl (C=O) groups excluding carboxylic acids is 1. The molecule has 2 saturated carbocycles. The summed E-state index contributed by atoms with van der Waals surface area (Å²) in [5.74, 6) is 2.10. The molecule has 114 valence electrons. The van der Waals surface area contributed by atoms with Gasteiger partial charge in [0.15, 0.2) is 5.78 Å². The second-order valence-electron chi connectivity index (χ2n) is 8.24. The van der Waals surface area contributed by atoms with Crippen LogP contribution in [0.3, 0.4) is 0 Å². The summed E-state index contributed by atoms with van der Waals surface area (Å²) in [7, 11) is 0. The smallest absolute Gasteiger partial charge is 0.171 e. The van der Waals surface area contributed by atoms with E-state index in [1.165, 1.54) is 38.8 Å². The first-order chi connectivity index (χ1) is 9.28. The Morgan fingerprint density at radius 3 is 1.85 bits per heavy atom. The van der Waals surface area contributed by atoms with Gasteiger partial charge in [-0.05, 0) is 65.2 Å². The normalized spacial score (nSPS) is 32.0. The van der Waals surface area contributed by atoms with E-state index >= 15 is 0 Å². The van der Waals surface area contributed by atoms with Crippen LogP contribution in [0.4, 0.5) is 0 Å². The first-order valence-corrected chi connectivity index (χ1v) is 8.25. The summed E-state index contributed by atoms with van der Waals surface area (Å²) in [5, 5.41) is 0. The van der Waals surface area contributed by atoms with Crippen molar-refractivity contribution < 1.29 is 9.53 Å². The molecule has 0 radical (unpaired) electrons. The average Bonchev–Trinajstić information content (AvgIpc) is 3.17. The SMILES string of the molecule is CC1(C)OC(C)(C)C(CN(CC2CC2)CC2CC2)C1=O. The predicted octanol–water partition coefficient (Wildman–Crippen LogP) is 2.88. The van der Waals surface area contributed by atoms with Gasteiger partial charge in [-0.15, -0.1) is 0 Å². The summed E-state index contributed by atoms with van der Waals surface area (Å²) in [6, 6.07) is 0. The van der Waals surface area contributed by atoms with E-state index < -0.39 is 5.60 Å². The Bertz CT molecular complexity index is 380. The van der Waals surface area contributed by atoms with E-state index in [1.807, 2.05) is 13.8 Å². The zero-order valence-corrected chi connectivity index (χ0v) is 13.4. The van der Waals surface area contributed by atoms with Crippen LogP contribution in [-0.4, -0.2) is 41.5 Å². The van der Waals surface area contributed by atoms with Crippen molar-refractivity contribution in [3.63, 3.8) is 0 Å². The van der Waals surface area contributed by atoms with Crippen molar-refractivity contribution >= 4 is 5.78 Å². The molecule has 0 spiro atoms. The van der Waals surface area contributed by atoms with Crippen LogP contribution in [0.25, 0.3) is 0 Å². The molecule has 3 aliphatic rings. The highest BCUT2D eigenvalue weighted by atomic mass is 16.5. The van der Waals surface area contributed by atoms with Crippen molar-refractivity contribution in [2.24, 2.45) is 17.8 Å². The molecular weight excluding hydrogens is 250 g/mol. The number of hydrogen-bond acceptors (Lipinski definition) is 3. The van der Waals surface area contributed by atoms with E-state index in [-0.39, 0.29) is 11.5 Å². The second kappa shape index (κ2) is 4.81. The maximum atomic E-state index is 12.6. The lowest BCUT2D eigenvalue weighted by Crippen LogP contribution is -2.42. The number of ketones is 1. The van der Waals surface area contributed by atoms with E-state index in [2.05, 4.69) is 18.7 Å². The van der Waals surface area contributed by atoms with E-state index in [4.69, 9.17) is 4.74 Å². The molecule has 3 heteroatoms. The minimum absolute atomic E-state index is 0.0231. The van der Waals surface area contributed by atoms with Gasteiger partial charge in [0.1, 0.15) is 5.60 Å². The zero-order chi connectivity index (χ0) is 14.5. The lowest BCUT2D eigenvalue weighted by atomic mass is 9.85. The third-order valence-electron chi connectivity index (χ3n) is 5.13. The minimum Gasteiger partial charge on any atom is -0.361 e. The van der Waals surface area contributed by atoms with Crippen LogP contribution in [0, 0.1) is 17.8 Å². The first-order valence-electron chi connectivity index (χ1n) is 8.25. The number of rotatable bonds is 6. The largest absolute Gasteiger partial charge is 0.361 e. The lowest BCUT2D eigenvalue weighted by Gasteiger charge is -2.31. The fraction of sp³-hybridized carbons (Fsp3) is 0.941. The highest BCUT2D eigenvalue weighted by Crippen LogP contribution is 2.41. The van der Waals surface area contributed by atoms with Crippen LogP contribution in [0.2, 0.25) is 0 Å². The third kappa shape index (κ3) is 3.09. The molecule has 3 rings (SSSR count). The van der Waals surface area contributed by atoms with Crippen LogP contribution >= 0.6 is 0 Å². The van der Waals surface area contributed by atoms with Gasteiger partial charge in [-0.2, -0.15) is 0 Å². The fourth-order valence-corrected chi connectivity index (χ4v) is 3.63. The van der Waals surface area contributed by atoms with Crippen LogP contribution in [-0.2, 0) is 9.53 Å². The van der Waals surface area contributed by atoms with E-state index in [1.54, 1.807) is 0 Å². The molecule has 1 atom stereocenters. The number of hydrogen-bond donors (Lipinski definition) is 0. The van der Waals surface area contributed by atoms with Gasteiger partial charge in [0.2, 0.25) is 0 Å². The number of Topliss-reactive ketones (excluding diaryl/α,β-unsaturated/α-hetero) is 1. The standard InChI is InChI=1S/C17H29NO2/c1-16(2)14(15(19)17(3,4)20-16)11-18(9-12-5-6-12)10-13-7-8-13/h12-14H,5-11H2,1-4H3. The average molecular weight is 279 g/mol. The van der Waals surface area contributed by atoms with Crippen LogP contribution in [0.15, 0.2) is 0 Å². The van der Waals surface area contributed by atoms with E-state index in [0.717, 1.165) is 18.4 Å². The van der Waals surface area contributed by atoms with E-state index in [9.17, 15) is 4.79 Å². The fourth-order valence-electron chi connectivity index (χ4n) is 3.63. The third-order valence-corrected chi connectivity index (χ3v) is 5.13. The molecule has 0 amide bonds. The highest BCUT2D eigenvalue weighted by molar-refractivity contribution is 5.91. The molecule has 0 bridgehead atoms. The Hall–Kier alpha value is -0.410. The minimum atomic E-state index is -0.612. The summed E-state index contributed by atoms with van der Waals surface area (Å²) in [6.07, 6.45) is 5.52. The Kier molecular flexibility index (Phi) is 3.49. The van der Waals surface area contributed by atoms with Crippen molar-refractivity contribution in [3.05, 3.63) is 0 Å². The van der Waals surface area contributed by atoms with Gasteiger partial charge in [0.25, 0.3) is 0 Å². The lowest BCUT2D eigenvalue weighted by molar-refractivity contribution is -0.132. The van der Waals surface area contributed by atoms with Crippen molar-refractivity contribution in [2.75, 3.05) is 19.6 Å². The van der Waals surface area contributed by atoms with Crippen LogP contribution < -0.4 is 0 Å². The zero-order valence-electron chi connectivity index (χ0n) is 13.4. The summed E-state index contributed by atoms with van der Waals surface area (Å²) in [5.41, 5.74) is -0.940. The molecule has 1 unspecified atom stereocenters. The number of carbonyl (C=O) groups is 1. The van der Waals surface area contributed by atoms with Crippen molar-refractivity contribution in [1.29, 1.82) is 0 Å². The molecule has 0 aromatic rings. The van der Waals surface area contributed by atoms with Gasteiger partial charge < -0.3 is 9.64 Å². The van der Waals surface area contributed by atoms with Crippen molar-refractivity contribution in [1.82, 2.24) is 4.90 Å². The summed E-state index contributed by atoms with van der Waals surface area (Å²) in [4.78, 5) is 15.2. The molecule has 1 saturated heterocycles.